The molecule has 0 spiro atoms. The van der Waals surface area contributed by atoms with E-state index in [2.05, 4.69) is 10.3 Å². The SMILES string of the molecule is CC(=O)/C=C(\C)NCc1ccccn1. The molecule has 0 bridgehead atoms. The summed E-state index contributed by atoms with van der Waals surface area (Å²) in [5, 5.41) is 3.11. The zero-order chi connectivity index (χ0) is 10.4. The normalized spacial score (nSPS) is 11.1. The van der Waals surface area contributed by atoms with Crippen LogP contribution < -0.4 is 5.32 Å². The summed E-state index contributed by atoms with van der Waals surface area (Å²) < 4.78 is 0. The van der Waals surface area contributed by atoms with Crippen molar-refractivity contribution < 1.29 is 4.79 Å². The van der Waals surface area contributed by atoms with Crippen LogP contribution in [0.1, 0.15) is 19.5 Å². The zero-order valence-corrected chi connectivity index (χ0v) is 8.45. The second-order valence-corrected chi connectivity index (χ2v) is 3.11. The summed E-state index contributed by atoms with van der Waals surface area (Å²) in [5.41, 5.74) is 1.83. The van der Waals surface area contributed by atoms with E-state index in [1.54, 1.807) is 12.3 Å². The first-order chi connectivity index (χ1) is 6.68. The van der Waals surface area contributed by atoms with Gasteiger partial charge in [-0.3, -0.25) is 9.78 Å². The summed E-state index contributed by atoms with van der Waals surface area (Å²) in [4.78, 5) is 14.9. The van der Waals surface area contributed by atoms with E-state index >= 15 is 0 Å². The standard InChI is InChI=1S/C11H14N2O/c1-9(7-10(2)14)13-8-11-5-3-4-6-12-11/h3-7,13H,8H2,1-2H3/b9-7+. The molecule has 0 unspecified atom stereocenters. The number of carbonyl (C=O) groups is 1. The summed E-state index contributed by atoms with van der Waals surface area (Å²) >= 11 is 0. The van der Waals surface area contributed by atoms with Crippen molar-refractivity contribution in [2.24, 2.45) is 0 Å². The van der Waals surface area contributed by atoms with Gasteiger partial charge in [-0.05, 0) is 32.1 Å². The average molecular weight is 190 g/mol. The quantitative estimate of drug-likeness (QED) is 0.734. The van der Waals surface area contributed by atoms with Gasteiger partial charge in [0.1, 0.15) is 0 Å². The summed E-state index contributed by atoms with van der Waals surface area (Å²) in [6.07, 6.45) is 3.32. The number of ketones is 1. The zero-order valence-electron chi connectivity index (χ0n) is 8.45. The van der Waals surface area contributed by atoms with Crippen LogP contribution in [0.3, 0.4) is 0 Å². The van der Waals surface area contributed by atoms with Crippen LogP contribution in [0, 0.1) is 0 Å². The van der Waals surface area contributed by atoms with E-state index in [1.165, 1.54) is 6.92 Å². The van der Waals surface area contributed by atoms with Crippen LogP contribution in [0.25, 0.3) is 0 Å². The van der Waals surface area contributed by atoms with E-state index in [4.69, 9.17) is 0 Å². The van der Waals surface area contributed by atoms with Crippen LogP contribution >= 0.6 is 0 Å². The highest BCUT2D eigenvalue weighted by atomic mass is 16.1. The molecule has 1 N–H and O–H groups in total. The van der Waals surface area contributed by atoms with Gasteiger partial charge in [0.25, 0.3) is 0 Å². The highest BCUT2D eigenvalue weighted by molar-refractivity contribution is 5.87. The van der Waals surface area contributed by atoms with Crippen LogP contribution in [0.5, 0.6) is 0 Å². The number of allylic oxidation sites excluding steroid dienone is 2. The molecule has 1 rings (SSSR count). The Labute approximate surface area is 83.9 Å². The Morgan fingerprint density at radius 1 is 1.50 bits per heavy atom. The molecule has 0 amide bonds. The molecule has 0 saturated heterocycles. The fourth-order valence-corrected chi connectivity index (χ4v) is 1.09. The number of aromatic nitrogens is 1. The van der Waals surface area contributed by atoms with Crippen molar-refractivity contribution in [3.63, 3.8) is 0 Å². The third-order valence-electron chi connectivity index (χ3n) is 1.69. The van der Waals surface area contributed by atoms with Gasteiger partial charge < -0.3 is 5.32 Å². The fourth-order valence-electron chi connectivity index (χ4n) is 1.09. The van der Waals surface area contributed by atoms with Crippen molar-refractivity contribution in [1.29, 1.82) is 0 Å². The molecule has 1 aromatic rings. The molecule has 3 nitrogen and oxygen atoms in total. The van der Waals surface area contributed by atoms with E-state index in [9.17, 15) is 4.79 Å². The maximum Gasteiger partial charge on any atom is 0.154 e. The van der Waals surface area contributed by atoms with Gasteiger partial charge in [-0.1, -0.05) is 6.07 Å². The van der Waals surface area contributed by atoms with Crippen molar-refractivity contribution in [2.45, 2.75) is 20.4 Å². The minimum Gasteiger partial charge on any atom is -0.383 e. The summed E-state index contributed by atoms with van der Waals surface area (Å²) in [7, 11) is 0. The molecule has 0 radical (unpaired) electrons. The largest absolute Gasteiger partial charge is 0.383 e. The Hall–Kier alpha value is -1.64. The summed E-state index contributed by atoms with van der Waals surface area (Å²) in [6.45, 7) is 4.05. The highest BCUT2D eigenvalue weighted by Gasteiger charge is 1.93. The molecule has 0 aliphatic carbocycles. The molecule has 0 saturated carbocycles. The highest BCUT2D eigenvalue weighted by Crippen LogP contribution is 1.95. The lowest BCUT2D eigenvalue weighted by atomic mass is 10.3. The topological polar surface area (TPSA) is 42.0 Å². The molecule has 0 aliphatic rings. The maximum atomic E-state index is 10.7. The number of pyridine rings is 1. The second kappa shape index (κ2) is 5.17. The van der Waals surface area contributed by atoms with Crippen LogP contribution in [0.2, 0.25) is 0 Å². The second-order valence-electron chi connectivity index (χ2n) is 3.11. The van der Waals surface area contributed by atoms with Crippen molar-refractivity contribution in [3.8, 4) is 0 Å². The maximum absolute atomic E-state index is 10.7. The summed E-state index contributed by atoms with van der Waals surface area (Å²) in [6, 6.07) is 5.75. The van der Waals surface area contributed by atoms with Gasteiger partial charge in [0.2, 0.25) is 0 Å². The van der Waals surface area contributed by atoms with Gasteiger partial charge in [0.05, 0.1) is 12.2 Å². The van der Waals surface area contributed by atoms with E-state index < -0.39 is 0 Å². The van der Waals surface area contributed by atoms with Crippen LogP contribution in [0.15, 0.2) is 36.2 Å². The lowest BCUT2D eigenvalue weighted by Crippen LogP contribution is -2.12. The first-order valence-electron chi connectivity index (χ1n) is 4.51. The smallest absolute Gasteiger partial charge is 0.154 e. The van der Waals surface area contributed by atoms with Gasteiger partial charge >= 0.3 is 0 Å². The number of rotatable bonds is 4. The molecule has 1 heterocycles. The van der Waals surface area contributed by atoms with E-state index in [0.717, 1.165) is 11.4 Å². The van der Waals surface area contributed by atoms with Crippen LogP contribution in [0.4, 0.5) is 0 Å². The van der Waals surface area contributed by atoms with Crippen molar-refractivity contribution in [2.75, 3.05) is 0 Å². The molecule has 0 atom stereocenters. The number of nitrogens with one attached hydrogen (secondary N) is 1. The number of hydrogen-bond donors (Lipinski definition) is 1. The van der Waals surface area contributed by atoms with Crippen molar-refractivity contribution in [1.82, 2.24) is 10.3 Å². The molecule has 3 heteroatoms. The predicted molar refractivity (Wildman–Crippen MR) is 55.5 cm³/mol. The predicted octanol–water partition coefficient (Wildman–Crippen LogP) is 1.66. The minimum atomic E-state index is 0.0519. The van der Waals surface area contributed by atoms with Gasteiger partial charge in [-0.25, -0.2) is 0 Å². The van der Waals surface area contributed by atoms with Gasteiger partial charge in [-0.2, -0.15) is 0 Å². The fraction of sp³-hybridized carbons (Fsp3) is 0.273. The van der Waals surface area contributed by atoms with Crippen molar-refractivity contribution in [3.05, 3.63) is 41.9 Å². The minimum absolute atomic E-state index is 0.0519. The molecule has 74 valence electrons. The monoisotopic (exact) mass is 190 g/mol. The number of hydrogen-bond acceptors (Lipinski definition) is 3. The van der Waals surface area contributed by atoms with Crippen LogP contribution in [-0.2, 0) is 11.3 Å². The van der Waals surface area contributed by atoms with Gasteiger partial charge in [0.15, 0.2) is 5.78 Å². The molecule has 0 aliphatic heterocycles. The van der Waals surface area contributed by atoms with Gasteiger partial charge in [-0.15, -0.1) is 0 Å². The molecular formula is C11H14N2O. The average Bonchev–Trinajstić information content (AvgIpc) is 2.15. The number of carbonyl (C=O) groups excluding carboxylic acids is 1. The van der Waals surface area contributed by atoms with E-state index in [0.29, 0.717) is 6.54 Å². The number of nitrogens with zero attached hydrogens (tertiary/aromatic N) is 1. The molecule has 0 fully saturated rings. The third-order valence-corrected chi connectivity index (χ3v) is 1.69. The lowest BCUT2D eigenvalue weighted by Gasteiger charge is -2.04. The third kappa shape index (κ3) is 3.85. The lowest BCUT2D eigenvalue weighted by molar-refractivity contribution is -0.112. The van der Waals surface area contributed by atoms with Gasteiger partial charge in [0, 0.05) is 11.9 Å². The Morgan fingerprint density at radius 2 is 2.29 bits per heavy atom. The summed E-state index contributed by atoms with van der Waals surface area (Å²) in [5.74, 6) is 0.0519. The first kappa shape index (κ1) is 10.4. The van der Waals surface area contributed by atoms with E-state index in [1.807, 2.05) is 25.1 Å². The molecule has 1 aromatic heterocycles. The van der Waals surface area contributed by atoms with E-state index in [-0.39, 0.29) is 5.78 Å². The molecular weight excluding hydrogens is 176 g/mol. The molecule has 14 heavy (non-hydrogen) atoms. The molecule has 0 aromatic carbocycles. The first-order valence-corrected chi connectivity index (χ1v) is 4.51. The van der Waals surface area contributed by atoms with Crippen molar-refractivity contribution >= 4 is 5.78 Å². The van der Waals surface area contributed by atoms with Crippen LogP contribution in [-0.4, -0.2) is 10.8 Å². The Morgan fingerprint density at radius 3 is 2.86 bits per heavy atom. The Bertz CT molecular complexity index is 330. The Kier molecular flexibility index (Phi) is 3.85. The Balaban J connectivity index is 2.45.